The van der Waals surface area contributed by atoms with Gasteiger partial charge in [0.2, 0.25) is 0 Å². The number of nitrogens with zero attached hydrogens (tertiary/aromatic N) is 2. The summed E-state index contributed by atoms with van der Waals surface area (Å²) in [6.07, 6.45) is -0.0327. The molecule has 142 valence electrons. The minimum absolute atomic E-state index is 0.0327. The van der Waals surface area contributed by atoms with Crippen LogP contribution in [0, 0.1) is 0 Å². The molecule has 2 saturated heterocycles. The summed E-state index contributed by atoms with van der Waals surface area (Å²) in [5, 5.41) is 2.91. The molecule has 0 radical (unpaired) electrons. The number of carbonyl (C=O) groups is 2. The maximum atomic E-state index is 12.8. The zero-order chi connectivity index (χ0) is 18.7. The number of morpholine rings is 2. The van der Waals surface area contributed by atoms with Crippen LogP contribution >= 0.6 is 0 Å². The quantitative estimate of drug-likeness (QED) is 0.877. The molecule has 7 heteroatoms. The van der Waals surface area contributed by atoms with Crippen molar-refractivity contribution in [2.75, 3.05) is 44.7 Å². The first kappa shape index (κ1) is 18.7. The molecule has 3 amide bonds. The van der Waals surface area contributed by atoms with Crippen molar-refractivity contribution >= 4 is 17.6 Å². The number of hydrogen-bond donors (Lipinski definition) is 1. The second kappa shape index (κ2) is 7.63. The van der Waals surface area contributed by atoms with Crippen LogP contribution in [0.5, 0.6) is 0 Å². The molecular formula is C19H27N3O4. The minimum atomic E-state index is -0.391. The average Bonchev–Trinajstić information content (AvgIpc) is 2.60. The van der Waals surface area contributed by atoms with Gasteiger partial charge < -0.3 is 24.6 Å². The Morgan fingerprint density at radius 2 is 1.85 bits per heavy atom. The number of amides is 3. The van der Waals surface area contributed by atoms with Crippen LogP contribution in [0.2, 0.25) is 0 Å². The van der Waals surface area contributed by atoms with Gasteiger partial charge >= 0.3 is 6.03 Å². The molecule has 0 spiro atoms. The standard InChI is InChI=1S/C19H27N3O4/c1-14-12-22(13-19(2,3)26-14)18(24)20-16-7-5-4-6-15(16)17(23)21-8-10-25-11-9-21/h4-7,14H,8-13H2,1-3H3,(H,20,24). The first-order valence-corrected chi connectivity index (χ1v) is 9.05. The monoisotopic (exact) mass is 361 g/mol. The predicted molar refractivity (Wildman–Crippen MR) is 98.4 cm³/mol. The Kier molecular flexibility index (Phi) is 5.48. The number of hydrogen-bond acceptors (Lipinski definition) is 4. The van der Waals surface area contributed by atoms with E-state index in [1.165, 1.54) is 0 Å². The lowest BCUT2D eigenvalue weighted by Gasteiger charge is -2.41. The molecule has 0 aromatic heterocycles. The zero-order valence-electron chi connectivity index (χ0n) is 15.7. The Morgan fingerprint density at radius 3 is 2.54 bits per heavy atom. The molecule has 1 aromatic rings. The van der Waals surface area contributed by atoms with E-state index in [1.807, 2.05) is 32.9 Å². The average molecular weight is 361 g/mol. The fraction of sp³-hybridized carbons (Fsp3) is 0.579. The van der Waals surface area contributed by atoms with E-state index in [9.17, 15) is 9.59 Å². The van der Waals surface area contributed by atoms with Gasteiger partial charge in [-0.25, -0.2) is 4.79 Å². The topological polar surface area (TPSA) is 71.1 Å². The van der Waals surface area contributed by atoms with Gasteiger partial charge in [0.05, 0.1) is 42.7 Å². The van der Waals surface area contributed by atoms with Crippen molar-refractivity contribution in [3.63, 3.8) is 0 Å². The van der Waals surface area contributed by atoms with Crippen LogP contribution in [0.1, 0.15) is 31.1 Å². The summed E-state index contributed by atoms with van der Waals surface area (Å²) in [4.78, 5) is 29.1. The highest BCUT2D eigenvalue weighted by Gasteiger charge is 2.34. The summed E-state index contributed by atoms with van der Waals surface area (Å²) in [6.45, 7) is 9.14. The van der Waals surface area contributed by atoms with E-state index >= 15 is 0 Å². The van der Waals surface area contributed by atoms with Gasteiger partial charge in [-0.15, -0.1) is 0 Å². The molecule has 1 N–H and O–H groups in total. The number of urea groups is 1. The molecular weight excluding hydrogens is 334 g/mol. The SMILES string of the molecule is CC1CN(C(=O)Nc2ccccc2C(=O)N2CCOCC2)CC(C)(C)O1. The number of anilines is 1. The van der Waals surface area contributed by atoms with Gasteiger partial charge in [-0.2, -0.15) is 0 Å². The Balaban J connectivity index is 1.73. The van der Waals surface area contributed by atoms with Crippen LogP contribution in [0.25, 0.3) is 0 Å². The minimum Gasteiger partial charge on any atom is -0.378 e. The molecule has 7 nitrogen and oxygen atoms in total. The number of carbonyl (C=O) groups excluding carboxylic acids is 2. The van der Waals surface area contributed by atoms with Gasteiger partial charge in [0.1, 0.15) is 0 Å². The van der Waals surface area contributed by atoms with Crippen molar-refractivity contribution in [3.8, 4) is 0 Å². The fourth-order valence-electron chi connectivity index (χ4n) is 3.52. The molecule has 2 aliphatic heterocycles. The summed E-state index contributed by atoms with van der Waals surface area (Å²) >= 11 is 0. The summed E-state index contributed by atoms with van der Waals surface area (Å²) in [5.74, 6) is -0.0834. The third-order valence-electron chi connectivity index (χ3n) is 4.55. The highest BCUT2D eigenvalue weighted by atomic mass is 16.5. The van der Waals surface area contributed by atoms with Crippen molar-refractivity contribution in [2.45, 2.75) is 32.5 Å². The lowest BCUT2D eigenvalue weighted by atomic mass is 10.1. The summed E-state index contributed by atoms with van der Waals surface area (Å²) < 4.78 is 11.2. The molecule has 26 heavy (non-hydrogen) atoms. The molecule has 2 aliphatic rings. The Hall–Kier alpha value is -2.12. The molecule has 3 rings (SSSR count). The Bertz CT molecular complexity index is 671. The van der Waals surface area contributed by atoms with E-state index in [-0.39, 0.29) is 18.0 Å². The predicted octanol–water partition coefficient (Wildman–Crippen LogP) is 2.19. The van der Waals surface area contributed by atoms with Gasteiger partial charge in [-0.05, 0) is 32.9 Å². The van der Waals surface area contributed by atoms with Crippen LogP contribution in [-0.4, -0.2) is 72.8 Å². The molecule has 2 heterocycles. The van der Waals surface area contributed by atoms with Crippen molar-refractivity contribution in [3.05, 3.63) is 29.8 Å². The maximum absolute atomic E-state index is 12.8. The van der Waals surface area contributed by atoms with Crippen LogP contribution in [0.4, 0.5) is 10.5 Å². The van der Waals surface area contributed by atoms with E-state index in [2.05, 4.69) is 5.32 Å². The van der Waals surface area contributed by atoms with Crippen LogP contribution in [-0.2, 0) is 9.47 Å². The summed E-state index contributed by atoms with van der Waals surface area (Å²) in [6, 6.07) is 6.93. The molecule has 1 aromatic carbocycles. The van der Waals surface area contributed by atoms with Gasteiger partial charge in [0.15, 0.2) is 0 Å². The molecule has 1 atom stereocenters. The van der Waals surface area contributed by atoms with E-state index in [4.69, 9.17) is 9.47 Å². The second-order valence-electron chi connectivity index (χ2n) is 7.45. The normalized spacial score (nSPS) is 22.8. The lowest BCUT2D eigenvalue weighted by Crippen LogP contribution is -2.54. The number of nitrogens with one attached hydrogen (secondary N) is 1. The Labute approximate surface area is 154 Å². The second-order valence-corrected chi connectivity index (χ2v) is 7.45. The van der Waals surface area contributed by atoms with Crippen LogP contribution in [0.15, 0.2) is 24.3 Å². The summed E-state index contributed by atoms with van der Waals surface area (Å²) in [7, 11) is 0. The van der Waals surface area contributed by atoms with E-state index < -0.39 is 5.60 Å². The lowest BCUT2D eigenvalue weighted by molar-refractivity contribution is -0.116. The van der Waals surface area contributed by atoms with Crippen LogP contribution in [0.3, 0.4) is 0 Å². The van der Waals surface area contributed by atoms with Gasteiger partial charge in [0.25, 0.3) is 5.91 Å². The van der Waals surface area contributed by atoms with Gasteiger partial charge in [-0.3, -0.25) is 4.79 Å². The van der Waals surface area contributed by atoms with E-state index in [0.717, 1.165) is 0 Å². The third-order valence-corrected chi connectivity index (χ3v) is 4.55. The molecule has 1 unspecified atom stereocenters. The zero-order valence-corrected chi connectivity index (χ0v) is 15.7. The molecule has 0 saturated carbocycles. The molecule has 0 aliphatic carbocycles. The first-order valence-electron chi connectivity index (χ1n) is 9.05. The third kappa shape index (κ3) is 4.34. The number of rotatable bonds is 2. The largest absolute Gasteiger partial charge is 0.378 e. The number of ether oxygens (including phenoxy) is 2. The van der Waals surface area contributed by atoms with Gasteiger partial charge in [-0.1, -0.05) is 12.1 Å². The molecule has 0 bridgehead atoms. The van der Waals surface area contributed by atoms with Crippen molar-refractivity contribution in [1.82, 2.24) is 9.80 Å². The highest BCUT2D eigenvalue weighted by Crippen LogP contribution is 2.23. The fourth-order valence-corrected chi connectivity index (χ4v) is 3.52. The smallest absolute Gasteiger partial charge is 0.322 e. The molecule has 2 fully saturated rings. The Morgan fingerprint density at radius 1 is 1.15 bits per heavy atom. The van der Waals surface area contributed by atoms with E-state index in [0.29, 0.717) is 50.6 Å². The summed E-state index contributed by atoms with van der Waals surface area (Å²) in [5.41, 5.74) is 0.646. The number of benzene rings is 1. The highest BCUT2D eigenvalue weighted by molar-refractivity contribution is 6.03. The van der Waals surface area contributed by atoms with Crippen molar-refractivity contribution < 1.29 is 19.1 Å². The van der Waals surface area contributed by atoms with E-state index in [1.54, 1.807) is 21.9 Å². The van der Waals surface area contributed by atoms with Crippen molar-refractivity contribution in [2.24, 2.45) is 0 Å². The van der Waals surface area contributed by atoms with Crippen molar-refractivity contribution in [1.29, 1.82) is 0 Å². The van der Waals surface area contributed by atoms with Gasteiger partial charge in [0, 0.05) is 19.6 Å². The number of para-hydroxylation sites is 1. The van der Waals surface area contributed by atoms with Crippen LogP contribution < -0.4 is 5.32 Å². The maximum Gasteiger partial charge on any atom is 0.322 e. The first-order chi connectivity index (χ1) is 12.4.